The fourth-order valence-corrected chi connectivity index (χ4v) is 8.79. The molecule has 0 aliphatic rings. The molecule has 51 heavy (non-hydrogen) atoms. The lowest BCUT2D eigenvalue weighted by atomic mass is 10.0. The minimum atomic E-state index is 0.631. The molecule has 11 aromatic rings. The Morgan fingerprint density at radius 2 is 1.00 bits per heavy atom. The van der Waals surface area contributed by atoms with Crippen molar-refractivity contribution < 1.29 is 4.42 Å². The first-order valence-corrected chi connectivity index (χ1v) is 17.8. The molecule has 5 nitrogen and oxygen atoms in total. The summed E-state index contributed by atoms with van der Waals surface area (Å²) in [5.41, 5.74) is 7.99. The van der Waals surface area contributed by atoms with Crippen molar-refractivity contribution in [1.29, 1.82) is 0 Å². The van der Waals surface area contributed by atoms with E-state index in [9.17, 15) is 0 Å². The van der Waals surface area contributed by atoms with Crippen LogP contribution in [0, 0.1) is 0 Å². The molecule has 4 heterocycles. The van der Waals surface area contributed by atoms with Gasteiger partial charge in [0.05, 0.1) is 21.1 Å². The van der Waals surface area contributed by atoms with Crippen LogP contribution in [0.4, 0.5) is 0 Å². The van der Waals surface area contributed by atoms with Gasteiger partial charge in [-0.1, -0.05) is 115 Å². The van der Waals surface area contributed by atoms with Gasteiger partial charge < -0.3 is 8.98 Å². The van der Waals surface area contributed by atoms with Gasteiger partial charge in [0.15, 0.2) is 23.1 Å². The third-order valence-corrected chi connectivity index (χ3v) is 11.0. The zero-order valence-corrected chi connectivity index (χ0v) is 27.9. The molecule has 0 fully saturated rings. The van der Waals surface area contributed by atoms with Crippen molar-refractivity contribution in [1.82, 2.24) is 19.5 Å². The van der Waals surface area contributed by atoms with Gasteiger partial charge >= 0.3 is 0 Å². The number of benzene rings is 7. The van der Waals surface area contributed by atoms with Crippen molar-refractivity contribution in [3.63, 3.8) is 0 Å². The van der Waals surface area contributed by atoms with E-state index in [1.165, 1.54) is 30.9 Å². The summed E-state index contributed by atoms with van der Waals surface area (Å²) in [6, 6.07) is 54.6. The molecule has 0 unspecified atom stereocenters. The smallest absolute Gasteiger partial charge is 0.164 e. The van der Waals surface area contributed by atoms with Crippen LogP contribution >= 0.6 is 11.3 Å². The van der Waals surface area contributed by atoms with Gasteiger partial charge in [-0.3, -0.25) is 0 Å². The highest BCUT2D eigenvalue weighted by atomic mass is 32.1. The lowest BCUT2D eigenvalue weighted by Crippen LogP contribution is -2.00. The Balaban J connectivity index is 1.18. The van der Waals surface area contributed by atoms with E-state index in [0.29, 0.717) is 17.5 Å². The molecule has 11 rings (SSSR count). The van der Waals surface area contributed by atoms with E-state index >= 15 is 0 Å². The van der Waals surface area contributed by atoms with Crippen molar-refractivity contribution in [3.05, 3.63) is 158 Å². The quantitative estimate of drug-likeness (QED) is 0.187. The number of hydrogen-bond acceptors (Lipinski definition) is 5. The highest BCUT2D eigenvalue weighted by Gasteiger charge is 2.25. The molecule has 4 aromatic heterocycles. The Morgan fingerprint density at radius 3 is 1.69 bits per heavy atom. The summed E-state index contributed by atoms with van der Waals surface area (Å²) >= 11 is 1.81. The van der Waals surface area contributed by atoms with Crippen LogP contribution in [0.5, 0.6) is 0 Å². The predicted octanol–water partition coefficient (Wildman–Crippen LogP) is 12.2. The van der Waals surface area contributed by atoms with Crippen LogP contribution in [-0.4, -0.2) is 19.5 Å². The normalized spacial score (nSPS) is 11.9. The number of aromatic nitrogens is 4. The van der Waals surface area contributed by atoms with Gasteiger partial charge in [-0.25, -0.2) is 15.0 Å². The Bertz CT molecular complexity index is 3070. The van der Waals surface area contributed by atoms with E-state index in [4.69, 9.17) is 19.4 Å². The van der Waals surface area contributed by atoms with Crippen molar-refractivity contribution in [2.24, 2.45) is 0 Å². The number of hydrogen-bond donors (Lipinski definition) is 0. The largest absolute Gasteiger partial charge is 0.454 e. The maximum absolute atomic E-state index is 6.74. The van der Waals surface area contributed by atoms with E-state index in [1.54, 1.807) is 0 Å². The van der Waals surface area contributed by atoms with Crippen LogP contribution in [0.1, 0.15) is 0 Å². The average Bonchev–Trinajstić information content (AvgIpc) is 3.88. The Kier molecular flexibility index (Phi) is 6.05. The Hall–Kier alpha value is -6.63. The number of para-hydroxylation sites is 2. The van der Waals surface area contributed by atoms with Crippen molar-refractivity contribution in [2.45, 2.75) is 0 Å². The topological polar surface area (TPSA) is 56.7 Å². The second-order valence-corrected chi connectivity index (χ2v) is 13.8. The van der Waals surface area contributed by atoms with Gasteiger partial charge in [0.25, 0.3) is 0 Å². The first-order valence-electron chi connectivity index (χ1n) is 17.0. The van der Waals surface area contributed by atoms with Crippen LogP contribution in [0.2, 0.25) is 0 Å². The predicted molar refractivity (Wildman–Crippen MR) is 211 cm³/mol. The monoisotopic (exact) mass is 670 g/mol. The number of thiophene rings is 1. The van der Waals surface area contributed by atoms with E-state index in [0.717, 1.165) is 55.3 Å². The van der Waals surface area contributed by atoms with Gasteiger partial charge in [-0.05, 0) is 42.5 Å². The summed E-state index contributed by atoms with van der Waals surface area (Å²) in [7, 11) is 0. The van der Waals surface area contributed by atoms with E-state index in [2.05, 4.69) is 95.6 Å². The molecule has 238 valence electrons. The van der Waals surface area contributed by atoms with Crippen LogP contribution in [0.15, 0.2) is 162 Å². The number of rotatable bonds is 4. The average molecular weight is 671 g/mol. The number of fused-ring (bicyclic) bond motifs is 12. The summed E-state index contributed by atoms with van der Waals surface area (Å²) in [5, 5.41) is 7.22. The van der Waals surface area contributed by atoms with Crippen molar-refractivity contribution in [3.8, 4) is 39.9 Å². The van der Waals surface area contributed by atoms with Gasteiger partial charge in [0, 0.05) is 54.0 Å². The molecule has 0 amide bonds. The molecule has 6 heteroatoms. The van der Waals surface area contributed by atoms with Crippen molar-refractivity contribution >= 4 is 75.3 Å². The molecular weight excluding hydrogens is 645 g/mol. The maximum Gasteiger partial charge on any atom is 0.164 e. The molecule has 7 aromatic carbocycles. The molecular formula is C45H26N4OS. The van der Waals surface area contributed by atoms with E-state index < -0.39 is 0 Å². The zero-order valence-electron chi connectivity index (χ0n) is 27.1. The molecule has 0 bridgehead atoms. The van der Waals surface area contributed by atoms with Crippen LogP contribution in [0.3, 0.4) is 0 Å². The SMILES string of the molecule is c1ccc(-c2nc(-c3ccccc3)nc(-c3ccc(-n4c5ccccc5c5c6c7ccccc7sc6c6oc7ccccc7c6c54)cc3)n2)cc1. The summed E-state index contributed by atoms with van der Waals surface area (Å²) in [4.78, 5) is 14.8. The van der Waals surface area contributed by atoms with E-state index in [-0.39, 0.29) is 0 Å². The second-order valence-electron chi connectivity index (χ2n) is 12.8. The van der Waals surface area contributed by atoms with Gasteiger partial charge in [0.2, 0.25) is 0 Å². The summed E-state index contributed by atoms with van der Waals surface area (Å²) in [6.45, 7) is 0. The minimum Gasteiger partial charge on any atom is -0.454 e. The summed E-state index contributed by atoms with van der Waals surface area (Å²) < 4.78 is 11.6. The Labute approximate surface area is 295 Å². The third-order valence-electron chi connectivity index (χ3n) is 9.84. The molecule has 0 aliphatic heterocycles. The zero-order chi connectivity index (χ0) is 33.5. The second kappa shape index (κ2) is 10.9. The van der Waals surface area contributed by atoms with Crippen LogP contribution < -0.4 is 0 Å². The highest BCUT2D eigenvalue weighted by Crippen LogP contribution is 2.50. The lowest BCUT2D eigenvalue weighted by Gasteiger charge is -2.11. The molecule has 0 saturated carbocycles. The van der Waals surface area contributed by atoms with Gasteiger partial charge in [-0.15, -0.1) is 11.3 Å². The third kappa shape index (κ3) is 4.24. The fourth-order valence-electron chi connectivity index (χ4n) is 7.59. The maximum atomic E-state index is 6.74. The molecule has 0 atom stereocenters. The van der Waals surface area contributed by atoms with Crippen molar-refractivity contribution in [2.75, 3.05) is 0 Å². The first-order chi connectivity index (χ1) is 25.3. The van der Waals surface area contributed by atoms with Crippen LogP contribution in [-0.2, 0) is 0 Å². The summed E-state index contributed by atoms with van der Waals surface area (Å²) in [6.07, 6.45) is 0. The molecule has 0 radical (unpaired) electrons. The van der Waals surface area contributed by atoms with E-state index in [1.807, 2.05) is 78.1 Å². The standard InChI is InChI=1S/C45H26N4OS/c1-3-13-27(14-4-1)43-46-44(28-15-5-2-6-16-28)48-45(47-43)29-23-25-30(26-24-29)49-34-20-10-7-17-31(34)37-38-33-19-9-12-22-36(33)51-42(38)41-39(40(37)49)32-18-8-11-21-35(32)50-41/h1-26H. The number of nitrogens with zero attached hydrogens (tertiary/aromatic N) is 4. The number of furan rings is 1. The highest BCUT2D eigenvalue weighted by molar-refractivity contribution is 7.27. The molecule has 0 aliphatic carbocycles. The van der Waals surface area contributed by atoms with Crippen LogP contribution in [0.25, 0.3) is 104 Å². The lowest BCUT2D eigenvalue weighted by molar-refractivity contribution is 0.673. The molecule has 0 N–H and O–H groups in total. The molecule has 0 spiro atoms. The fraction of sp³-hybridized carbons (Fsp3) is 0. The minimum absolute atomic E-state index is 0.631. The summed E-state index contributed by atoms with van der Waals surface area (Å²) in [5.74, 6) is 1.92. The van der Waals surface area contributed by atoms with Gasteiger partial charge in [0.1, 0.15) is 5.58 Å². The molecule has 0 saturated heterocycles. The Morgan fingerprint density at radius 1 is 0.451 bits per heavy atom. The first kappa shape index (κ1) is 28.2. The van der Waals surface area contributed by atoms with Gasteiger partial charge in [-0.2, -0.15) is 0 Å².